The zero-order chi connectivity index (χ0) is 14.5. The molecule has 0 bridgehead atoms. The quantitative estimate of drug-likeness (QED) is 0.843. The van der Waals surface area contributed by atoms with Gasteiger partial charge in [0.1, 0.15) is 0 Å². The van der Waals surface area contributed by atoms with Crippen molar-refractivity contribution in [1.29, 1.82) is 0 Å². The zero-order valence-corrected chi connectivity index (χ0v) is 13.1. The van der Waals surface area contributed by atoms with E-state index in [1.807, 2.05) is 0 Å². The Labute approximate surface area is 132 Å². The number of fused-ring (bicyclic) bond motifs is 2. The van der Waals surface area contributed by atoms with Crippen molar-refractivity contribution in [1.82, 2.24) is 15.2 Å². The van der Waals surface area contributed by atoms with Crippen LogP contribution in [-0.4, -0.2) is 35.6 Å². The highest BCUT2D eigenvalue weighted by Gasteiger charge is 2.42. The predicted octanol–water partition coefficient (Wildman–Crippen LogP) is 3.54. The molecule has 1 aliphatic carbocycles. The number of piperidine rings is 2. The lowest BCUT2D eigenvalue weighted by Gasteiger charge is -2.47. The monoisotopic (exact) mass is 295 g/mol. The lowest BCUT2D eigenvalue weighted by atomic mass is 9.72. The standard InChI is InChI=1S/C19H25N3/c1-2-10-22(11-3-1)19-15-12-21-16-8-4-6-13(17(15)16)14-7-5-9-20-18(14)19/h4,6,8,12,14,18-21H,1-3,5,7,9-11H2/t14-,18+,19?/m1/s1. The van der Waals surface area contributed by atoms with Crippen LogP contribution in [0.2, 0.25) is 0 Å². The van der Waals surface area contributed by atoms with Crippen LogP contribution in [0.1, 0.15) is 55.2 Å². The molecule has 3 heteroatoms. The lowest BCUT2D eigenvalue weighted by Crippen LogP contribution is -2.52. The van der Waals surface area contributed by atoms with Crippen LogP contribution in [-0.2, 0) is 0 Å². The van der Waals surface area contributed by atoms with Crippen LogP contribution < -0.4 is 5.32 Å². The van der Waals surface area contributed by atoms with E-state index in [0.29, 0.717) is 18.0 Å². The molecule has 1 aromatic heterocycles. The van der Waals surface area contributed by atoms with E-state index in [-0.39, 0.29) is 0 Å². The Hall–Kier alpha value is -1.32. The molecule has 3 nitrogen and oxygen atoms in total. The molecule has 116 valence electrons. The van der Waals surface area contributed by atoms with Crippen molar-refractivity contribution in [2.75, 3.05) is 19.6 Å². The summed E-state index contributed by atoms with van der Waals surface area (Å²) in [5.74, 6) is 0.688. The third-order valence-electron chi connectivity index (χ3n) is 6.12. The van der Waals surface area contributed by atoms with E-state index >= 15 is 0 Å². The minimum Gasteiger partial charge on any atom is -0.361 e. The first-order chi connectivity index (χ1) is 10.9. The van der Waals surface area contributed by atoms with Gasteiger partial charge in [0.05, 0.1) is 6.04 Å². The van der Waals surface area contributed by atoms with Gasteiger partial charge in [0, 0.05) is 29.1 Å². The molecule has 0 amide bonds. The molecule has 3 aliphatic rings. The second-order valence-corrected chi connectivity index (χ2v) is 7.28. The molecule has 22 heavy (non-hydrogen) atoms. The van der Waals surface area contributed by atoms with Crippen LogP contribution >= 0.6 is 0 Å². The molecule has 2 fully saturated rings. The van der Waals surface area contributed by atoms with E-state index < -0.39 is 0 Å². The molecule has 2 N–H and O–H groups in total. The predicted molar refractivity (Wildman–Crippen MR) is 90.2 cm³/mol. The van der Waals surface area contributed by atoms with Crippen molar-refractivity contribution >= 4 is 10.9 Å². The summed E-state index contributed by atoms with van der Waals surface area (Å²) in [5, 5.41) is 5.42. The largest absolute Gasteiger partial charge is 0.361 e. The highest BCUT2D eigenvalue weighted by Crippen LogP contribution is 2.47. The van der Waals surface area contributed by atoms with Gasteiger partial charge in [-0.25, -0.2) is 0 Å². The van der Waals surface area contributed by atoms with Crippen molar-refractivity contribution in [3.63, 3.8) is 0 Å². The first-order valence-corrected chi connectivity index (χ1v) is 9.01. The molecule has 0 radical (unpaired) electrons. The molecule has 0 spiro atoms. The summed E-state index contributed by atoms with van der Waals surface area (Å²) in [7, 11) is 0. The molecule has 5 rings (SSSR count). The molecule has 2 aromatic rings. The van der Waals surface area contributed by atoms with Crippen molar-refractivity contribution in [2.45, 2.75) is 50.1 Å². The minimum atomic E-state index is 0.564. The van der Waals surface area contributed by atoms with E-state index in [9.17, 15) is 0 Å². The number of aromatic amines is 1. The van der Waals surface area contributed by atoms with Gasteiger partial charge in [-0.1, -0.05) is 18.6 Å². The molecule has 2 aliphatic heterocycles. The highest BCUT2D eigenvalue weighted by molar-refractivity contribution is 5.89. The van der Waals surface area contributed by atoms with Gasteiger partial charge in [0.25, 0.3) is 0 Å². The maximum absolute atomic E-state index is 3.89. The second-order valence-electron chi connectivity index (χ2n) is 7.28. The summed E-state index contributed by atoms with van der Waals surface area (Å²) in [5.41, 5.74) is 4.46. The number of hydrogen-bond donors (Lipinski definition) is 2. The van der Waals surface area contributed by atoms with E-state index in [2.05, 4.69) is 39.6 Å². The summed E-state index contributed by atoms with van der Waals surface area (Å²) < 4.78 is 0. The molecule has 3 heterocycles. The number of nitrogens with one attached hydrogen (secondary N) is 2. The third kappa shape index (κ3) is 1.82. The number of rotatable bonds is 1. The molecule has 3 atom stereocenters. The van der Waals surface area contributed by atoms with E-state index in [0.717, 1.165) is 0 Å². The molecular weight excluding hydrogens is 270 g/mol. The van der Waals surface area contributed by atoms with Crippen LogP contribution in [0.5, 0.6) is 0 Å². The molecule has 1 unspecified atom stereocenters. The lowest BCUT2D eigenvalue weighted by molar-refractivity contribution is 0.107. The van der Waals surface area contributed by atoms with Gasteiger partial charge in [0.15, 0.2) is 0 Å². The first-order valence-electron chi connectivity index (χ1n) is 9.01. The molecule has 0 saturated carbocycles. The fraction of sp³-hybridized carbons (Fsp3) is 0.579. The number of likely N-dealkylation sites (tertiary alicyclic amines) is 1. The van der Waals surface area contributed by atoms with E-state index in [1.54, 1.807) is 11.1 Å². The first kappa shape index (κ1) is 13.1. The molecule has 2 saturated heterocycles. The van der Waals surface area contributed by atoms with Crippen LogP contribution in [0.4, 0.5) is 0 Å². The van der Waals surface area contributed by atoms with Crippen molar-refractivity contribution < 1.29 is 0 Å². The number of H-pyrrole nitrogens is 1. The van der Waals surface area contributed by atoms with Crippen LogP contribution in [0.3, 0.4) is 0 Å². The fourth-order valence-electron chi connectivity index (χ4n) is 5.19. The van der Waals surface area contributed by atoms with Gasteiger partial charge in [-0.2, -0.15) is 0 Å². The van der Waals surface area contributed by atoms with Gasteiger partial charge < -0.3 is 10.3 Å². The topological polar surface area (TPSA) is 31.1 Å². The zero-order valence-electron chi connectivity index (χ0n) is 13.1. The van der Waals surface area contributed by atoms with Crippen LogP contribution in [0.15, 0.2) is 24.4 Å². The summed E-state index contributed by atoms with van der Waals surface area (Å²) >= 11 is 0. The van der Waals surface area contributed by atoms with Crippen molar-refractivity contribution in [2.24, 2.45) is 0 Å². The Morgan fingerprint density at radius 1 is 1.00 bits per heavy atom. The average Bonchev–Trinajstić information content (AvgIpc) is 3.01. The van der Waals surface area contributed by atoms with Crippen molar-refractivity contribution in [3.05, 3.63) is 35.5 Å². The maximum atomic E-state index is 3.89. The fourth-order valence-corrected chi connectivity index (χ4v) is 5.19. The maximum Gasteiger partial charge on any atom is 0.0528 e. The Bertz CT molecular complexity index is 683. The van der Waals surface area contributed by atoms with Gasteiger partial charge in [-0.15, -0.1) is 0 Å². The van der Waals surface area contributed by atoms with Gasteiger partial charge in [0.2, 0.25) is 0 Å². The summed E-state index contributed by atoms with van der Waals surface area (Å²) in [4.78, 5) is 6.31. The number of nitrogens with zero attached hydrogens (tertiary/aromatic N) is 1. The Kier molecular flexibility index (Phi) is 3.05. The minimum absolute atomic E-state index is 0.564. The van der Waals surface area contributed by atoms with Crippen molar-refractivity contribution in [3.8, 4) is 0 Å². The van der Waals surface area contributed by atoms with Crippen LogP contribution in [0.25, 0.3) is 10.9 Å². The number of aromatic nitrogens is 1. The van der Waals surface area contributed by atoms with E-state index in [4.69, 9.17) is 0 Å². The Morgan fingerprint density at radius 3 is 2.82 bits per heavy atom. The SMILES string of the molecule is c1cc2c3c(c[nH]c3c1)C(N1CCCCC1)[C@H]1NCCC[C@H]21. The average molecular weight is 295 g/mol. The van der Waals surface area contributed by atoms with Gasteiger partial charge >= 0.3 is 0 Å². The molecular formula is C19H25N3. The normalized spacial score (nSPS) is 32.1. The van der Waals surface area contributed by atoms with Crippen LogP contribution in [0, 0.1) is 0 Å². The summed E-state index contributed by atoms with van der Waals surface area (Å²) in [6.45, 7) is 3.72. The third-order valence-corrected chi connectivity index (χ3v) is 6.12. The summed E-state index contributed by atoms with van der Waals surface area (Å²) in [6.07, 6.45) is 9.08. The second kappa shape index (κ2) is 5.10. The van der Waals surface area contributed by atoms with Gasteiger partial charge in [-0.3, -0.25) is 4.90 Å². The summed E-state index contributed by atoms with van der Waals surface area (Å²) in [6, 6.07) is 8.00. The van der Waals surface area contributed by atoms with Gasteiger partial charge in [-0.05, 0) is 62.5 Å². The Morgan fingerprint density at radius 2 is 1.91 bits per heavy atom. The highest BCUT2D eigenvalue weighted by atomic mass is 15.2. The number of benzene rings is 1. The molecule has 1 aromatic carbocycles. The van der Waals surface area contributed by atoms with E-state index in [1.165, 1.54) is 62.6 Å². The Balaban J connectivity index is 1.68. The number of hydrogen-bond acceptors (Lipinski definition) is 2. The smallest absolute Gasteiger partial charge is 0.0528 e.